The van der Waals surface area contributed by atoms with E-state index in [1.807, 2.05) is 0 Å². The SMILES string of the molecule is Brc1csc(I)c1. The first-order chi connectivity index (χ1) is 3.29. The van der Waals surface area contributed by atoms with Gasteiger partial charge < -0.3 is 0 Å². The van der Waals surface area contributed by atoms with Crippen LogP contribution in [0.5, 0.6) is 0 Å². The maximum Gasteiger partial charge on any atom is 0.0665 e. The Morgan fingerprint density at radius 2 is 2.43 bits per heavy atom. The molecule has 1 aromatic rings. The molecular weight excluding hydrogens is 287 g/mol. The van der Waals surface area contributed by atoms with Crippen molar-refractivity contribution in [2.45, 2.75) is 0 Å². The van der Waals surface area contributed by atoms with Gasteiger partial charge in [-0.2, -0.15) is 0 Å². The van der Waals surface area contributed by atoms with Crippen LogP contribution in [0.15, 0.2) is 15.9 Å². The summed E-state index contributed by atoms with van der Waals surface area (Å²) in [5.41, 5.74) is 0. The van der Waals surface area contributed by atoms with E-state index in [1.165, 1.54) is 7.36 Å². The van der Waals surface area contributed by atoms with Crippen molar-refractivity contribution < 1.29 is 0 Å². The molecule has 1 rings (SSSR count). The Morgan fingerprint density at radius 3 is 2.57 bits per heavy atom. The standard InChI is InChI=1S/C4H2BrIS/c5-3-1-4(6)7-2-3/h1-2H. The first-order valence-electron chi connectivity index (χ1n) is 1.68. The second-order valence-electron chi connectivity index (χ2n) is 1.07. The van der Waals surface area contributed by atoms with Crippen LogP contribution in [0.25, 0.3) is 0 Å². The average Bonchev–Trinajstić information content (AvgIpc) is 1.87. The van der Waals surface area contributed by atoms with Crippen LogP contribution in [0.4, 0.5) is 0 Å². The Bertz CT molecular complexity index is 144. The minimum absolute atomic E-state index is 1.18. The molecule has 7 heavy (non-hydrogen) atoms. The number of rotatable bonds is 0. The molecule has 0 aliphatic carbocycles. The fraction of sp³-hybridized carbons (Fsp3) is 0. The highest BCUT2D eigenvalue weighted by Gasteiger charge is 1.87. The number of thiophene rings is 1. The molecule has 0 aromatic carbocycles. The zero-order valence-corrected chi connectivity index (χ0v) is 7.88. The van der Waals surface area contributed by atoms with E-state index in [0.29, 0.717) is 0 Å². The monoisotopic (exact) mass is 288 g/mol. The second-order valence-corrected chi connectivity index (χ2v) is 4.79. The summed E-state index contributed by atoms with van der Waals surface area (Å²) in [6.07, 6.45) is 0. The van der Waals surface area contributed by atoms with Crippen molar-refractivity contribution in [1.82, 2.24) is 0 Å². The van der Waals surface area contributed by atoms with Crippen molar-refractivity contribution in [2.75, 3.05) is 0 Å². The van der Waals surface area contributed by atoms with Crippen molar-refractivity contribution in [3.05, 3.63) is 18.8 Å². The summed E-state index contributed by atoms with van der Waals surface area (Å²) < 4.78 is 2.51. The molecule has 0 aliphatic heterocycles. The van der Waals surface area contributed by atoms with Crippen molar-refractivity contribution in [2.24, 2.45) is 0 Å². The summed E-state index contributed by atoms with van der Waals surface area (Å²) in [4.78, 5) is 0. The third kappa shape index (κ3) is 1.70. The maximum atomic E-state index is 3.34. The molecule has 0 N–H and O–H groups in total. The van der Waals surface area contributed by atoms with Crippen LogP contribution in [-0.4, -0.2) is 0 Å². The normalized spacial score (nSPS) is 9.43. The zero-order chi connectivity index (χ0) is 5.28. The van der Waals surface area contributed by atoms with Gasteiger partial charge in [-0.1, -0.05) is 0 Å². The summed E-state index contributed by atoms with van der Waals surface area (Å²) in [5.74, 6) is 0. The van der Waals surface area contributed by atoms with E-state index in [0.717, 1.165) is 0 Å². The summed E-state index contributed by atoms with van der Waals surface area (Å²) >= 11 is 7.37. The Labute approximate surface area is 68.2 Å². The maximum absolute atomic E-state index is 3.34. The molecule has 0 saturated carbocycles. The highest BCUT2D eigenvalue weighted by atomic mass is 127. The summed E-state index contributed by atoms with van der Waals surface area (Å²) in [5, 5.41) is 2.07. The van der Waals surface area contributed by atoms with E-state index < -0.39 is 0 Å². The third-order valence-corrected chi connectivity index (χ3v) is 3.09. The Kier molecular flexibility index (Phi) is 2.12. The van der Waals surface area contributed by atoms with E-state index >= 15 is 0 Å². The van der Waals surface area contributed by atoms with Crippen LogP contribution in [0.2, 0.25) is 0 Å². The largest absolute Gasteiger partial charge is 0.137 e. The highest BCUT2D eigenvalue weighted by Crippen LogP contribution is 2.20. The van der Waals surface area contributed by atoms with Crippen LogP contribution in [0.1, 0.15) is 0 Å². The van der Waals surface area contributed by atoms with Crippen LogP contribution in [-0.2, 0) is 0 Å². The van der Waals surface area contributed by atoms with Gasteiger partial charge in [-0.3, -0.25) is 0 Å². The zero-order valence-electron chi connectivity index (χ0n) is 3.32. The van der Waals surface area contributed by atoms with Gasteiger partial charge in [-0.05, 0) is 44.6 Å². The van der Waals surface area contributed by atoms with Gasteiger partial charge in [0.15, 0.2) is 0 Å². The molecule has 0 nitrogen and oxygen atoms in total. The Morgan fingerprint density at radius 1 is 1.71 bits per heavy atom. The first-order valence-corrected chi connectivity index (χ1v) is 4.44. The lowest BCUT2D eigenvalue weighted by atomic mass is 10.7. The molecule has 38 valence electrons. The predicted molar refractivity (Wildman–Crippen MR) is 44.7 cm³/mol. The van der Waals surface area contributed by atoms with E-state index in [-0.39, 0.29) is 0 Å². The molecular formula is C4H2BrIS. The minimum Gasteiger partial charge on any atom is -0.137 e. The Balaban J connectivity index is 3.04. The molecule has 0 bridgehead atoms. The Hall–Kier alpha value is 0.910. The van der Waals surface area contributed by atoms with Crippen LogP contribution < -0.4 is 0 Å². The molecule has 0 amide bonds. The van der Waals surface area contributed by atoms with Crippen LogP contribution in [0.3, 0.4) is 0 Å². The summed E-state index contributed by atoms with van der Waals surface area (Å²) in [7, 11) is 0. The number of hydrogen-bond acceptors (Lipinski definition) is 1. The van der Waals surface area contributed by atoms with Gasteiger partial charge >= 0.3 is 0 Å². The second kappa shape index (κ2) is 2.46. The lowest BCUT2D eigenvalue weighted by molar-refractivity contribution is 1.86. The van der Waals surface area contributed by atoms with Gasteiger partial charge in [-0.15, -0.1) is 11.3 Å². The molecule has 0 spiro atoms. The van der Waals surface area contributed by atoms with E-state index in [4.69, 9.17) is 0 Å². The fourth-order valence-electron chi connectivity index (χ4n) is 0.289. The molecule has 1 heterocycles. The van der Waals surface area contributed by atoms with E-state index in [1.54, 1.807) is 11.3 Å². The van der Waals surface area contributed by atoms with Crippen molar-refractivity contribution in [3.63, 3.8) is 0 Å². The lowest BCUT2D eigenvalue weighted by Gasteiger charge is -1.66. The summed E-state index contributed by atoms with van der Waals surface area (Å²) in [6, 6.07) is 2.09. The number of halogens is 2. The molecule has 3 heteroatoms. The first kappa shape index (κ1) is 6.04. The van der Waals surface area contributed by atoms with Gasteiger partial charge in [0.1, 0.15) is 0 Å². The van der Waals surface area contributed by atoms with Gasteiger partial charge in [0.25, 0.3) is 0 Å². The predicted octanol–water partition coefficient (Wildman–Crippen LogP) is 3.12. The van der Waals surface area contributed by atoms with Gasteiger partial charge in [0.05, 0.1) is 2.88 Å². The smallest absolute Gasteiger partial charge is 0.0665 e. The third-order valence-electron chi connectivity index (χ3n) is 0.535. The molecule has 0 radical (unpaired) electrons. The highest BCUT2D eigenvalue weighted by molar-refractivity contribution is 14.1. The molecule has 0 aliphatic rings. The van der Waals surface area contributed by atoms with Gasteiger partial charge in [0.2, 0.25) is 0 Å². The average molecular weight is 289 g/mol. The molecule has 0 saturated heterocycles. The van der Waals surface area contributed by atoms with Crippen molar-refractivity contribution in [3.8, 4) is 0 Å². The molecule has 0 atom stereocenters. The van der Waals surface area contributed by atoms with Crippen LogP contribution in [0, 0.1) is 2.88 Å². The summed E-state index contributed by atoms with van der Waals surface area (Å²) in [6.45, 7) is 0. The topological polar surface area (TPSA) is 0 Å². The van der Waals surface area contributed by atoms with Gasteiger partial charge in [0, 0.05) is 9.85 Å². The molecule has 1 aromatic heterocycles. The van der Waals surface area contributed by atoms with E-state index in [2.05, 4.69) is 50.0 Å². The van der Waals surface area contributed by atoms with Crippen molar-refractivity contribution in [1.29, 1.82) is 0 Å². The number of hydrogen-bond donors (Lipinski definition) is 0. The quantitative estimate of drug-likeness (QED) is 0.644. The molecule has 0 fully saturated rings. The van der Waals surface area contributed by atoms with E-state index in [9.17, 15) is 0 Å². The lowest BCUT2D eigenvalue weighted by Crippen LogP contribution is -1.43. The van der Waals surface area contributed by atoms with Crippen LogP contribution >= 0.6 is 49.9 Å². The fourth-order valence-corrected chi connectivity index (χ4v) is 2.58. The minimum atomic E-state index is 1.18. The van der Waals surface area contributed by atoms with Crippen molar-refractivity contribution >= 4 is 49.9 Å². The molecule has 0 unspecified atom stereocenters. The van der Waals surface area contributed by atoms with Gasteiger partial charge in [-0.25, -0.2) is 0 Å².